The lowest BCUT2D eigenvalue weighted by atomic mass is 9.91. The van der Waals surface area contributed by atoms with Crippen molar-refractivity contribution in [2.45, 2.75) is 10.4 Å². The van der Waals surface area contributed by atoms with Gasteiger partial charge in [0.15, 0.2) is 0 Å². The van der Waals surface area contributed by atoms with Gasteiger partial charge < -0.3 is 0 Å². The molecule has 1 atom stereocenters. The fourth-order valence-electron chi connectivity index (χ4n) is 2.42. The molecule has 1 aliphatic heterocycles. The molecule has 1 amide bonds. The minimum atomic E-state index is -1.66. The van der Waals surface area contributed by atoms with Crippen molar-refractivity contribution in [2.75, 3.05) is 4.90 Å². The van der Waals surface area contributed by atoms with Crippen LogP contribution in [0.5, 0.6) is 0 Å². The van der Waals surface area contributed by atoms with E-state index in [1.165, 1.54) is 17.0 Å². The molecule has 0 saturated carbocycles. The Balaban J connectivity index is 2.11. The smallest absolute Gasteiger partial charge is 0.266 e. The normalized spacial score (nSPS) is 20.3. The van der Waals surface area contributed by atoms with Crippen molar-refractivity contribution in [3.05, 3.63) is 64.9 Å². The van der Waals surface area contributed by atoms with Gasteiger partial charge in [-0.3, -0.25) is 9.69 Å². The highest BCUT2D eigenvalue weighted by atomic mass is 35.5. The third-order valence-corrected chi connectivity index (χ3v) is 4.50. The SMILES string of the molecule is O=C1N(c2ccccc2F)C(c2ccccc2Cl)C1(Cl)Cl. The number of hydrogen-bond acceptors (Lipinski definition) is 1. The highest BCUT2D eigenvalue weighted by Crippen LogP contribution is 2.54. The van der Waals surface area contributed by atoms with Gasteiger partial charge in [0.05, 0.1) is 5.69 Å². The molecule has 108 valence electrons. The van der Waals surface area contributed by atoms with Gasteiger partial charge in [0.25, 0.3) is 5.91 Å². The van der Waals surface area contributed by atoms with Gasteiger partial charge in [-0.1, -0.05) is 65.1 Å². The molecular formula is C15H9Cl3FNO. The van der Waals surface area contributed by atoms with Crippen LogP contribution in [-0.2, 0) is 4.79 Å². The molecule has 21 heavy (non-hydrogen) atoms. The summed E-state index contributed by atoms with van der Waals surface area (Å²) in [5.41, 5.74) is 0.705. The van der Waals surface area contributed by atoms with Gasteiger partial charge in [0.1, 0.15) is 11.9 Å². The second-order valence-corrected chi connectivity index (χ2v) is 6.47. The van der Waals surface area contributed by atoms with Crippen molar-refractivity contribution < 1.29 is 9.18 Å². The van der Waals surface area contributed by atoms with Crippen LogP contribution in [0, 0.1) is 5.82 Å². The fourth-order valence-corrected chi connectivity index (χ4v) is 3.27. The first kappa shape index (κ1) is 14.6. The average molecular weight is 345 g/mol. The van der Waals surface area contributed by atoms with Crippen LogP contribution >= 0.6 is 34.8 Å². The first-order valence-electron chi connectivity index (χ1n) is 6.15. The molecule has 0 aromatic heterocycles. The largest absolute Gasteiger partial charge is 0.296 e. The zero-order valence-electron chi connectivity index (χ0n) is 10.6. The molecule has 2 aromatic carbocycles. The Morgan fingerprint density at radius 2 is 1.67 bits per heavy atom. The van der Waals surface area contributed by atoms with Gasteiger partial charge in [-0.15, -0.1) is 0 Å². The van der Waals surface area contributed by atoms with Gasteiger partial charge in [-0.05, 0) is 23.8 Å². The van der Waals surface area contributed by atoms with Crippen molar-refractivity contribution in [1.82, 2.24) is 0 Å². The molecule has 0 bridgehead atoms. The summed E-state index contributed by atoms with van der Waals surface area (Å²) in [5.74, 6) is -1.09. The molecular weight excluding hydrogens is 336 g/mol. The summed E-state index contributed by atoms with van der Waals surface area (Å²) < 4.78 is 12.3. The number of carbonyl (C=O) groups is 1. The fraction of sp³-hybridized carbons (Fsp3) is 0.133. The predicted molar refractivity (Wildman–Crippen MR) is 82.5 cm³/mol. The molecule has 0 radical (unpaired) electrons. The maximum Gasteiger partial charge on any atom is 0.266 e. The topological polar surface area (TPSA) is 20.3 Å². The van der Waals surface area contributed by atoms with Crippen LogP contribution in [0.4, 0.5) is 10.1 Å². The van der Waals surface area contributed by atoms with Crippen LogP contribution < -0.4 is 4.90 Å². The molecule has 1 saturated heterocycles. The molecule has 0 N–H and O–H groups in total. The van der Waals surface area contributed by atoms with Gasteiger partial charge in [-0.2, -0.15) is 0 Å². The third kappa shape index (κ3) is 2.20. The number of amides is 1. The Morgan fingerprint density at radius 1 is 1.05 bits per heavy atom. The molecule has 1 fully saturated rings. The van der Waals surface area contributed by atoms with Crippen molar-refractivity contribution in [1.29, 1.82) is 0 Å². The molecule has 0 aliphatic carbocycles. The van der Waals surface area contributed by atoms with Gasteiger partial charge >= 0.3 is 0 Å². The zero-order valence-corrected chi connectivity index (χ0v) is 12.8. The number of nitrogens with zero attached hydrogens (tertiary/aromatic N) is 1. The number of alkyl halides is 2. The van der Waals surface area contributed by atoms with E-state index in [0.717, 1.165) is 0 Å². The monoisotopic (exact) mass is 343 g/mol. The van der Waals surface area contributed by atoms with E-state index in [2.05, 4.69) is 0 Å². The van der Waals surface area contributed by atoms with Crippen LogP contribution in [0.1, 0.15) is 11.6 Å². The maximum absolute atomic E-state index is 14.0. The predicted octanol–water partition coefficient (Wildman–Crippen LogP) is 4.74. The summed E-state index contributed by atoms with van der Waals surface area (Å²) in [6.45, 7) is 0. The summed E-state index contributed by atoms with van der Waals surface area (Å²) in [6.07, 6.45) is 0. The van der Waals surface area contributed by atoms with Crippen molar-refractivity contribution in [3.63, 3.8) is 0 Å². The van der Waals surface area contributed by atoms with Crippen LogP contribution in [0.15, 0.2) is 48.5 Å². The summed E-state index contributed by atoms with van der Waals surface area (Å²) in [4.78, 5) is 13.4. The Kier molecular flexibility index (Phi) is 3.60. The Hall–Kier alpha value is -1.29. The second-order valence-electron chi connectivity index (χ2n) is 4.67. The van der Waals surface area contributed by atoms with Gasteiger partial charge in [0.2, 0.25) is 4.33 Å². The molecule has 1 unspecified atom stereocenters. The molecule has 3 rings (SSSR count). The summed E-state index contributed by atoms with van der Waals surface area (Å²) in [6, 6.07) is 12.1. The van der Waals surface area contributed by atoms with E-state index in [9.17, 15) is 9.18 Å². The average Bonchev–Trinajstić information content (AvgIpc) is 2.46. The quantitative estimate of drug-likeness (QED) is 0.569. The van der Waals surface area contributed by atoms with E-state index in [4.69, 9.17) is 34.8 Å². The molecule has 1 aliphatic rings. The van der Waals surface area contributed by atoms with E-state index in [0.29, 0.717) is 10.6 Å². The van der Waals surface area contributed by atoms with Crippen molar-refractivity contribution >= 4 is 46.4 Å². The standard InChI is InChI=1S/C15H9Cl3FNO/c16-10-6-2-1-5-9(10)13-15(17,18)14(21)20(13)12-8-4-3-7-11(12)19/h1-8,13H. The van der Waals surface area contributed by atoms with Crippen molar-refractivity contribution in [3.8, 4) is 0 Å². The Labute approximate surface area is 136 Å². The summed E-state index contributed by atoms with van der Waals surface area (Å²) >= 11 is 18.4. The summed E-state index contributed by atoms with van der Waals surface area (Å²) in [7, 11) is 0. The molecule has 2 aromatic rings. The Bertz CT molecular complexity index is 720. The molecule has 1 heterocycles. The van der Waals surface area contributed by atoms with Crippen LogP contribution in [-0.4, -0.2) is 10.2 Å². The minimum absolute atomic E-state index is 0.129. The third-order valence-electron chi connectivity index (χ3n) is 3.42. The van der Waals surface area contributed by atoms with E-state index in [1.54, 1.807) is 36.4 Å². The van der Waals surface area contributed by atoms with E-state index < -0.39 is 22.1 Å². The first-order chi connectivity index (χ1) is 9.94. The number of carbonyl (C=O) groups excluding carboxylic acids is 1. The molecule has 6 heteroatoms. The zero-order chi connectivity index (χ0) is 15.2. The molecule has 2 nitrogen and oxygen atoms in total. The van der Waals surface area contributed by atoms with E-state index >= 15 is 0 Å². The number of para-hydroxylation sites is 1. The number of hydrogen-bond donors (Lipinski definition) is 0. The lowest BCUT2D eigenvalue weighted by Crippen LogP contribution is -2.63. The number of benzene rings is 2. The van der Waals surface area contributed by atoms with E-state index in [-0.39, 0.29) is 5.69 Å². The van der Waals surface area contributed by atoms with Gasteiger partial charge in [-0.25, -0.2) is 4.39 Å². The maximum atomic E-state index is 14.0. The van der Waals surface area contributed by atoms with Crippen molar-refractivity contribution in [2.24, 2.45) is 0 Å². The highest BCUT2D eigenvalue weighted by molar-refractivity contribution is 6.62. The van der Waals surface area contributed by atoms with Gasteiger partial charge in [0, 0.05) is 5.02 Å². The number of rotatable bonds is 2. The number of anilines is 1. The number of halogens is 4. The van der Waals surface area contributed by atoms with E-state index in [1.807, 2.05) is 0 Å². The number of β-lactam (4-membered cyclic amide) rings is 1. The second kappa shape index (κ2) is 5.16. The van der Waals surface area contributed by atoms with Crippen LogP contribution in [0.3, 0.4) is 0 Å². The first-order valence-corrected chi connectivity index (χ1v) is 7.28. The minimum Gasteiger partial charge on any atom is -0.296 e. The van der Waals surface area contributed by atoms with Crippen LogP contribution in [0.25, 0.3) is 0 Å². The highest BCUT2D eigenvalue weighted by Gasteiger charge is 2.61. The molecule has 0 spiro atoms. The lowest BCUT2D eigenvalue weighted by molar-refractivity contribution is -0.125. The Morgan fingerprint density at radius 3 is 2.33 bits per heavy atom. The summed E-state index contributed by atoms with van der Waals surface area (Å²) in [5, 5.41) is 0.419. The van der Waals surface area contributed by atoms with Crippen LogP contribution in [0.2, 0.25) is 5.02 Å². The lowest BCUT2D eigenvalue weighted by Gasteiger charge is -2.49.